The molecule has 1 aliphatic carbocycles. The van der Waals surface area contributed by atoms with Crippen molar-refractivity contribution in [1.82, 2.24) is 25.0 Å². The van der Waals surface area contributed by atoms with Crippen LogP contribution in [-0.2, 0) is 16.6 Å². The van der Waals surface area contributed by atoms with E-state index in [0.29, 0.717) is 19.0 Å². The molecule has 166 valence electrons. The lowest BCUT2D eigenvalue weighted by atomic mass is 9.86. The van der Waals surface area contributed by atoms with E-state index >= 15 is 0 Å². The van der Waals surface area contributed by atoms with Crippen LogP contribution in [-0.4, -0.2) is 81.4 Å². The fraction of sp³-hybridized carbons (Fsp3) is 0.778. The van der Waals surface area contributed by atoms with Crippen molar-refractivity contribution in [2.75, 3.05) is 52.1 Å². The van der Waals surface area contributed by atoms with Crippen molar-refractivity contribution >= 4 is 40.0 Å². The molecule has 11 heteroatoms. The molecule has 0 unspecified atom stereocenters. The molecule has 1 saturated heterocycles. The van der Waals surface area contributed by atoms with Gasteiger partial charge in [-0.15, -0.1) is 24.0 Å². The highest BCUT2D eigenvalue weighted by atomic mass is 127. The molecule has 0 aromatic carbocycles. The average Bonchev–Trinajstić information content (AvgIpc) is 3.03. The number of aromatic nitrogens is 1. The van der Waals surface area contributed by atoms with E-state index in [1.165, 1.54) is 6.42 Å². The summed E-state index contributed by atoms with van der Waals surface area (Å²) >= 11 is 0. The van der Waals surface area contributed by atoms with Crippen molar-refractivity contribution in [3.05, 3.63) is 17.5 Å². The van der Waals surface area contributed by atoms with Gasteiger partial charge in [0, 0.05) is 58.9 Å². The Balaban J connectivity index is 0.00000300. The Morgan fingerprint density at radius 3 is 2.59 bits per heavy atom. The maximum atomic E-state index is 12.1. The van der Waals surface area contributed by atoms with E-state index in [1.807, 2.05) is 13.0 Å². The molecule has 0 amide bonds. The molecular weight excluding hydrogens is 507 g/mol. The number of halogens is 1. The first-order chi connectivity index (χ1) is 13.4. The first-order valence-corrected chi connectivity index (χ1v) is 11.7. The van der Waals surface area contributed by atoms with Crippen LogP contribution in [0, 0.1) is 12.8 Å². The molecule has 9 nitrogen and oxygen atoms in total. The van der Waals surface area contributed by atoms with Gasteiger partial charge in [-0.2, -0.15) is 0 Å². The van der Waals surface area contributed by atoms with E-state index < -0.39 is 10.0 Å². The predicted molar refractivity (Wildman–Crippen MR) is 124 cm³/mol. The second-order valence-corrected chi connectivity index (χ2v) is 9.56. The Bertz CT molecular complexity index is 757. The van der Waals surface area contributed by atoms with E-state index in [2.05, 4.69) is 30.0 Å². The summed E-state index contributed by atoms with van der Waals surface area (Å²) in [4.78, 5) is 8.81. The topological polar surface area (TPSA) is 103 Å². The van der Waals surface area contributed by atoms with Gasteiger partial charge in [-0.25, -0.2) is 13.1 Å². The second-order valence-electron chi connectivity index (χ2n) is 7.63. The Kier molecular flexibility index (Phi) is 9.63. The highest BCUT2D eigenvalue weighted by Gasteiger charge is 2.22. The van der Waals surface area contributed by atoms with Crippen molar-refractivity contribution < 1.29 is 12.9 Å². The molecule has 2 aliphatic rings. The van der Waals surface area contributed by atoms with Gasteiger partial charge < -0.3 is 14.7 Å². The highest BCUT2D eigenvalue weighted by molar-refractivity contribution is 14.0. The lowest BCUT2D eigenvalue weighted by Gasteiger charge is -2.36. The van der Waals surface area contributed by atoms with Gasteiger partial charge in [0.1, 0.15) is 5.76 Å². The Hall–Kier alpha value is -0.920. The molecule has 1 saturated carbocycles. The minimum Gasteiger partial charge on any atom is -0.361 e. The van der Waals surface area contributed by atoms with Gasteiger partial charge >= 0.3 is 0 Å². The number of guanidine groups is 1. The van der Waals surface area contributed by atoms with Gasteiger partial charge in [-0.05, 0) is 25.7 Å². The summed E-state index contributed by atoms with van der Waals surface area (Å²) in [7, 11) is -1.51. The molecule has 2 fully saturated rings. The minimum absolute atomic E-state index is 0. The van der Waals surface area contributed by atoms with Gasteiger partial charge in [-0.1, -0.05) is 11.6 Å². The van der Waals surface area contributed by atoms with Crippen molar-refractivity contribution in [2.45, 2.75) is 32.7 Å². The summed E-state index contributed by atoms with van der Waals surface area (Å²) in [5.41, 5.74) is 0.952. The number of hydrogen-bond acceptors (Lipinski definition) is 6. The van der Waals surface area contributed by atoms with Crippen molar-refractivity contribution in [3.8, 4) is 0 Å². The normalized spacial score (nSPS) is 19.0. The van der Waals surface area contributed by atoms with Gasteiger partial charge in [0.2, 0.25) is 10.0 Å². The van der Waals surface area contributed by atoms with Crippen LogP contribution in [0.4, 0.5) is 0 Å². The molecule has 2 N–H and O–H groups in total. The molecule has 29 heavy (non-hydrogen) atoms. The zero-order chi connectivity index (χ0) is 20.0. The zero-order valence-corrected chi connectivity index (χ0v) is 20.4. The maximum Gasteiger partial charge on any atom is 0.213 e. The van der Waals surface area contributed by atoms with E-state index in [0.717, 1.165) is 63.0 Å². The summed E-state index contributed by atoms with van der Waals surface area (Å²) in [6.07, 6.45) is 3.49. The number of piperazine rings is 1. The number of rotatable bonds is 8. The highest BCUT2D eigenvalue weighted by Crippen LogP contribution is 2.25. The van der Waals surface area contributed by atoms with Crippen molar-refractivity contribution in [1.29, 1.82) is 0 Å². The molecule has 2 heterocycles. The van der Waals surface area contributed by atoms with Crippen LogP contribution in [0.1, 0.15) is 30.7 Å². The van der Waals surface area contributed by atoms with Crippen molar-refractivity contribution in [3.63, 3.8) is 0 Å². The van der Waals surface area contributed by atoms with Gasteiger partial charge in [-0.3, -0.25) is 9.89 Å². The van der Waals surface area contributed by atoms with E-state index in [9.17, 15) is 8.42 Å². The van der Waals surface area contributed by atoms with Crippen LogP contribution in [0.5, 0.6) is 0 Å². The lowest BCUT2D eigenvalue weighted by molar-refractivity contribution is 0.169. The summed E-state index contributed by atoms with van der Waals surface area (Å²) in [6.45, 7) is 7.07. The first-order valence-electron chi connectivity index (χ1n) is 10.0. The van der Waals surface area contributed by atoms with Crippen LogP contribution < -0.4 is 10.0 Å². The maximum absolute atomic E-state index is 12.1. The number of nitrogens with one attached hydrogen (secondary N) is 2. The molecule has 3 rings (SSSR count). The van der Waals surface area contributed by atoms with Crippen LogP contribution in [0.3, 0.4) is 0 Å². The summed E-state index contributed by atoms with van der Waals surface area (Å²) in [5, 5.41) is 7.24. The monoisotopic (exact) mass is 540 g/mol. The standard InChI is InChI=1S/C18H32N6O3S.HI/c1-15-12-17(22-27-15)14-23-7-9-24(10-8-23)18(19-2)20-6-11-28(25,26)21-13-16-4-3-5-16;/h12,16,21H,3-11,13-14H2,1-2H3,(H,19,20);1H. The number of aliphatic imine (C=N–C) groups is 1. The third-order valence-electron chi connectivity index (χ3n) is 5.42. The quantitative estimate of drug-likeness (QED) is 0.288. The number of nitrogens with zero attached hydrogens (tertiary/aromatic N) is 4. The zero-order valence-electron chi connectivity index (χ0n) is 17.3. The number of sulfonamides is 1. The third kappa shape index (κ3) is 7.68. The molecule has 1 aliphatic heterocycles. The average molecular weight is 540 g/mol. The number of hydrogen-bond donors (Lipinski definition) is 2. The Morgan fingerprint density at radius 1 is 1.31 bits per heavy atom. The fourth-order valence-corrected chi connectivity index (χ4v) is 4.49. The minimum atomic E-state index is -3.24. The third-order valence-corrected chi connectivity index (χ3v) is 6.76. The van der Waals surface area contributed by atoms with Gasteiger partial charge in [0.15, 0.2) is 5.96 Å². The fourth-order valence-electron chi connectivity index (χ4n) is 3.48. The first kappa shape index (κ1) is 24.4. The molecule has 1 aromatic heterocycles. The second kappa shape index (κ2) is 11.5. The Morgan fingerprint density at radius 2 is 2.03 bits per heavy atom. The van der Waals surface area contributed by atoms with Crippen molar-refractivity contribution in [2.24, 2.45) is 10.9 Å². The summed E-state index contributed by atoms with van der Waals surface area (Å²) in [6, 6.07) is 1.96. The molecule has 0 bridgehead atoms. The SMILES string of the molecule is CN=C(NCCS(=O)(=O)NCC1CCC1)N1CCN(Cc2cc(C)on2)CC1.I. The van der Waals surface area contributed by atoms with E-state index in [4.69, 9.17) is 4.52 Å². The lowest BCUT2D eigenvalue weighted by Crippen LogP contribution is -2.52. The Labute approximate surface area is 190 Å². The van der Waals surface area contributed by atoms with Crippen LogP contribution in [0.25, 0.3) is 0 Å². The predicted octanol–water partition coefficient (Wildman–Crippen LogP) is 1.01. The van der Waals surface area contributed by atoms with E-state index in [1.54, 1.807) is 7.05 Å². The molecule has 0 radical (unpaired) electrons. The van der Waals surface area contributed by atoms with E-state index in [-0.39, 0.29) is 29.7 Å². The summed E-state index contributed by atoms with van der Waals surface area (Å²) < 4.78 is 32.1. The van der Waals surface area contributed by atoms with Crippen LogP contribution in [0.2, 0.25) is 0 Å². The number of aryl methyl sites for hydroxylation is 1. The molecule has 0 spiro atoms. The van der Waals surface area contributed by atoms with Gasteiger partial charge in [0.05, 0.1) is 11.4 Å². The molecular formula is C18H33IN6O3S. The van der Waals surface area contributed by atoms with Crippen LogP contribution >= 0.6 is 24.0 Å². The summed E-state index contributed by atoms with van der Waals surface area (Å²) in [5.74, 6) is 2.17. The van der Waals surface area contributed by atoms with Gasteiger partial charge in [0.25, 0.3) is 0 Å². The largest absolute Gasteiger partial charge is 0.361 e. The smallest absolute Gasteiger partial charge is 0.213 e. The molecule has 0 atom stereocenters. The molecule has 1 aromatic rings. The van der Waals surface area contributed by atoms with Crippen LogP contribution in [0.15, 0.2) is 15.6 Å².